The molecule has 0 radical (unpaired) electrons. The van der Waals surface area contributed by atoms with Crippen molar-refractivity contribution in [3.63, 3.8) is 0 Å². The normalized spacial score (nSPS) is 18.5. The summed E-state index contributed by atoms with van der Waals surface area (Å²) in [4.78, 5) is 214. The van der Waals surface area contributed by atoms with Crippen molar-refractivity contribution in [1.82, 2.24) is 85.4 Å². The first-order valence-electron chi connectivity index (χ1n) is 35.9. The SMILES string of the molecule is CC(C(=O)NCCNC(=O)c1c(I)c(C(=O)NCCNC(=O)C(C)N2CCN(CC(=O)O)CCN(CC(=O)O)CCN(CC(=O)O)CC2)c(I)c(N(C)C(=O)CNC(=O)C(C)N2CCN(CC(=O)O)CCN(CC(=O)O)CCN(CC(=O)O)CC2)c1I)N1CCN(CC(=O)O)CCN(CC(=O)O)CCN(CC(=O)O)CC1. The van der Waals surface area contributed by atoms with Gasteiger partial charge in [0.05, 0.1) is 108 Å². The number of likely N-dealkylation sites (N-methyl/N-ethyl adjacent to an activating group) is 1. The summed E-state index contributed by atoms with van der Waals surface area (Å²) in [7, 11) is 1.35. The number of nitrogens with one attached hydrogen (secondary N) is 5. The number of carbonyl (C=O) groups excluding carboxylic acids is 6. The quantitative estimate of drug-likeness (QED) is 0.0222. The Morgan fingerprint density at radius 3 is 0.676 bits per heavy atom. The molecular formula is C66H105I3N18O24. The van der Waals surface area contributed by atoms with E-state index in [0.29, 0.717) is 0 Å². The Kier molecular flexibility index (Phi) is 43.0. The Balaban J connectivity index is 1.63. The number of anilines is 1. The largest absolute Gasteiger partial charge is 0.480 e. The van der Waals surface area contributed by atoms with E-state index in [2.05, 4.69) is 26.6 Å². The minimum Gasteiger partial charge on any atom is -0.480 e. The summed E-state index contributed by atoms with van der Waals surface area (Å²) in [5, 5.41) is 101. The van der Waals surface area contributed by atoms with Gasteiger partial charge < -0.3 is 77.4 Å². The van der Waals surface area contributed by atoms with Gasteiger partial charge in [0, 0.05) is 194 Å². The van der Waals surface area contributed by atoms with E-state index in [1.54, 1.807) is 79.6 Å². The van der Waals surface area contributed by atoms with Gasteiger partial charge in [0.1, 0.15) is 0 Å². The molecule has 624 valence electrons. The molecule has 0 saturated carbocycles. The van der Waals surface area contributed by atoms with Crippen LogP contribution >= 0.6 is 67.8 Å². The van der Waals surface area contributed by atoms with Crippen LogP contribution in [0.5, 0.6) is 0 Å². The predicted molar refractivity (Wildman–Crippen MR) is 421 cm³/mol. The highest BCUT2D eigenvalue weighted by Crippen LogP contribution is 2.38. The number of rotatable bonds is 35. The van der Waals surface area contributed by atoms with Crippen molar-refractivity contribution in [1.29, 1.82) is 0 Å². The Morgan fingerprint density at radius 2 is 0.477 bits per heavy atom. The molecule has 45 heteroatoms. The maximum atomic E-state index is 14.7. The topological polar surface area (TPSA) is 540 Å². The van der Waals surface area contributed by atoms with Gasteiger partial charge in [-0.2, -0.15) is 0 Å². The first kappa shape index (κ1) is 96.3. The van der Waals surface area contributed by atoms with E-state index in [0.717, 1.165) is 4.90 Å². The lowest BCUT2D eigenvalue weighted by molar-refractivity contribution is -0.141. The summed E-state index contributed by atoms with van der Waals surface area (Å²) in [6.45, 7) is 3.03. The minimum atomic E-state index is -1.15. The molecule has 0 bridgehead atoms. The molecule has 111 heavy (non-hydrogen) atoms. The number of carboxylic acid groups (broad SMARTS) is 9. The Labute approximate surface area is 682 Å². The van der Waals surface area contributed by atoms with Gasteiger partial charge in [-0.25, -0.2) is 0 Å². The van der Waals surface area contributed by atoms with E-state index >= 15 is 0 Å². The molecule has 0 spiro atoms. The molecule has 42 nitrogen and oxygen atoms in total. The van der Waals surface area contributed by atoms with Gasteiger partial charge in [-0.15, -0.1) is 0 Å². The third kappa shape index (κ3) is 35.5. The van der Waals surface area contributed by atoms with E-state index in [9.17, 15) is 118 Å². The fourth-order valence-corrected chi connectivity index (χ4v) is 17.4. The zero-order valence-electron chi connectivity index (χ0n) is 62.7. The number of carboxylic acids is 9. The standard InChI is InChI=1S/C66H105I3N18O24/c1-43(85-27-21-79(37-50(95)96)15-9-76(34-47(89)90)10-16-80(22-28-85)38-51(97)98)62(107)70-5-7-72-65(110)56-58(67)57(66(111)73-8-6-71-63(108)44(2)86-29-23-81(39-52(99)100)17-11-77(35-48(91)92)12-18-82(24-30-86)40-53(101)102)60(69)61(59(56)68)75(4)46(88)33-74-64(109)45(3)87-31-25-83(41-54(103)104)19-13-78(36-49(93)94)14-20-84(26-32-87)42-55(105)106/h43-45H,5-42H2,1-4H3,(H,70,107)(H,71,108)(H,72,110)(H,73,111)(H,74,109)(H,89,90)(H,91,92)(H,93,94)(H,95,96)(H,97,98)(H,99,100)(H,101,102)(H,103,104)(H,105,106). The fourth-order valence-electron chi connectivity index (χ4n) is 12.6. The zero-order valence-corrected chi connectivity index (χ0v) is 69.2. The van der Waals surface area contributed by atoms with Crippen molar-refractivity contribution >= 4 is 163 Å². The van der Waals surface area contributed by atoms with Crippen molar-refractivity contribution in [2.24, 2.45) is 0 Å². The van der Waals surface area contributed by atoms with Crippen LogP contribution in [0.3, 0.4) is 0 Å². The Hall–Kier alpha value is -7.02. The maximum Gasteiger partial charge on any atom is 0.317 e. The highest BCUT2D eigenvalue weighted by Gasteiger charge is 2.34. The molecule has 3 fully saturated rings. The third-order valence-corrected chi connectivity index (χ3v) is 22.1. The van der Waals surface area contributed by atoms with E-state index in [1.807, 2.05) is 67.8 Å². The van der Waals surface area contributed by atoms with Crippen molar-refractivity contribution in [2.45, 2.75) is 38.9 Å². The average molecular weight is 1920 g/mol. The second kappa shape index (κ2) is 49.6. The monoisotopic (exact) mass is 1910 g/mol. The fraction of sp³-hybridized carbons (Fsp3) is 0.682. The van der Waals surface area contributed by atoms with E-state index in [-0.39, 0.29) is 257 Å². The Morgan fingerprint density at radius 1 is 0.297 bits per heavy atom. The molecule has 3 atom stereocenters. The van der Waals surface area contributed by atoms with Gasteiger partial charge in [0.15, 0.2) is 0 Å². The molecule has 3 aliphatic rings. The average Bonchev–Trinajstić information content (AvgIpc) is 0.758. The number of carbonyl (C=O) groups is 15. The van der Waals surface area contributed by atoms with Crippen LogP contribution < -0.4 is 31.5 Å². The molecule has 3 unspecified atom stereocenters. The minimum absolute atomic E-state index is 0.0468. The number of benzene rings is 1. The second-order valence-corrected chi connectivity index (χ2v) is 30.2. The molecule has 0 aliphatic carbocycles. The molecule has 14 N–H and O–H groups in total. The van der Waals surface area contributed by atoms with Gasteiger partial charge in [0.2, 0.25) is 23.6 Å². The molecule has 3 aliphatic heterocycles. The van der Waals surface area contributed by atoms with Gasteiger partial charge in [-0.05, 0) is 88.5 Å². The van der Waals surface area contributed by atoms with Crippen LogP contribution in [0.15, 0.2) is 0 Å². The second-order valence-electron chi connectivity index (χ2n) is 27.0. The van der Waals surface area contributed by atoms with Gasteiger partial charge in [-0.1, -0.05) is 0 Å². The van der Waals surface area contributed by atoms with E-state index in [1.165, 1.54) is 7.05 Å². The summed E-state index contributed by atoms with van der Waals surface area (Å²) in [6, 6.07) is -2.80. The number of hydrogen-bond donors (Lipinski definition) is 14. The number of aliphatic carboxylic acids is 9. The summed E-state index contributed by atoms with van der Waals surface area (Å²) in [6.07, 6.45) is 0. The molecule has 3 heterocycles. The summed E-state index contributed by atoms with van der Waals surface area (Å²) < 4.78 is 0.415. The van der Waals surface area contributed by atoms with Gasteiger partial charge >= 0.3 is 53.7 Å². The van der Waals surface area contributed by atoms with Crippen LogP contribution in [0.25, 0.3) is 0 Å². The first-order chi connectivity index (χ1) is 52.3. The van der Waals surface area contributed by atoms with Crippen LogP contribution in [0.2, 0.25) is 0 Å². The lowest BCUT2D eigenvalue weighted by Crippen LogP contribution is -2.53. The van der Waals surface area contributed by atoms with Crippen LogP contribution in [0.1, 0.15) is 41.5 Å². The van der Waals surface area contributed by atoms with Crippen LogP contribution in [0, 0.1) is 10.7 Å². The molecule has 3 saturated heterocycles. The first-order valence-corrected chi connectivity index (χ1v) is 39.1. The van der Waals surface area contributed by atoms with Crippen molar-refractivity contribution < 1.29 is 118 Å². The lowest BCUT2D eigenvalue weighted by atomic mass is 10.1. The summed E-state index contributed by atoms with van der Waals surface area (Å²) in [5.74, 6) is -14.2. The van der Waals surface area contributed by atoms with Crippen molar-refractivity contribution in [3.8, 4) is 0 Å². The Bertz CT molecular complexity index is 3160. The van der Waals surface area contributed by atoms with Crippen LogP contribution in [-0.4, -0.2) is 468 Å². The third-order valence-electron chi connectivity index (χ3n) is 18.9. The number of amides is 6. The zero-order chi connectivity index (χ0) is 82.8. The summed E-state index contributed by atoms with van der Waals surface area (Å²) >= 11 is 5.52. The molecule has 1 aromatic carbocycles. The molecule has 4 rings (SSSR count). The lowest BCUT2D eigenvalue weighted by Gasteiger charge is -2.35. The van der Waals surface area contributed by atoms with Crippen molar-refractivity contribution in [3.05, 3.63) is 21.8 Å². The van der Waals surface area contributed by atoms with E-state index in [4.69, 9.17) is 0 Å². The van der Waals surface area contributed by atoms with Crippen LogP contribution in [0.4, 0.5) is 5.69 Å². The molecule has 0 aromatic heterocycles. The highest BCUT2D eigenvalue weighted by atomic mass is 127. The molecule has 1 aromatic rings. The number of halogens is 3. The number of hydrogen-bond acceptors (Lipinski definition) is 27. The predicted octanol–water partition coefficient (Wildman–Crippen LogP) is -6.14. The highest BCUT2D eigenvalue weighted by molar-refractivity contribution is 14.1. The maximum absolute atomic E-state index is 14.7. The molecule has 6 amide bonds. The molecular weight excluding hydrogens is 1810 g/mol. The summed E-state index contributed by atoms with van der Waals surface area (Å²) in [5.41, 5.74) is -0.139. The smallest absolute Gasteiger partial charge is 0.317 e. The van der Waals surface area contributed by atoms with Gasteiger partial charge in [-0.3, -0.25) is 131 Å². The van der Waals surface area contributed by atoms with Crippen molar-refractivity contribution in [2.75, 3.05) is 261 Å². The van der Waals surface area contributed by atoms with E-state index < -0.39 is 127 Å². The van der Waals surface area contributed by atoms with Gasteiger partial charge in [0.25, 0.3) is 11.8 Å². The number of nitrogens with zero attached hydrogens (tertiary/aromatic N) is 13. The van der Waals surface area contributed by atoms with Crippen LogP contribution in [-0.2, 0) is 62.3 Å².